The molecule has 4 heteroatoms. The minimum Gasteiger partial charge on any atom is -0.486 e. The molecule has 0 radical (unpaired) electrons. The molecular formula is C16H12Cl2O2. The van der Waals surface area contributed by atoms with Crippen molar-refractivity contribution in [1.29, 1.82) is 0 Å². The summed E-state index contributed by atoms with van der Waals surface area (Å²) in [5.74, 6) is 5.91. The van der Waals surface area contributed by atoms with Gasteiger partial charge in [0, 0.05) is 5.56 Å². The van der Waals surface area contributed by atoms with Crippen LogP contribution in [0.1, 0.15) is 11.1 Å². The maximum absolute atomic E-state index is 8.63. The second-order valence-electron chi connectivity index (χ2n) is 4.00. The van der Waals surface area contributed by atoms with E-state index in [0.717, 1.165) is 11.1 Å². The Bertz CT molecular complexity index is 620. The van der Waals surface area contributed by atoms with Gasteiger partial charge in [0.25, 0.3) is 0 Å². The molecule has 0 aliphatic rings. The third-order valence-electron chi connectivity index (χ3n) is 2.57. The second kappa shape index (κ2) is 7.21. The average molecular weight is 307 g/mol. The van der Waals surface area contributed by atoms with Crippen LogP contribution in [0.3, 0.4) is 0 Å². The Morgan fingerprint density at radius 1 is 1.00 bits per heavy atom. The molecule has 102 valence electrons. The number of rotatable bonds is 3. The minimum absolute atomic E-state index is 0.143. The van der Waals surface area contributed by atoms with Crippen molar-refractivity contribution in [1.82, 2.24) is 0 Å². The van der Waals surface area contributed by atoms with Gasteiger partial charge in [-0.3, -0.25) is 0 Å². The van der Waals surface area contributed by atoms with Crippen LogP contribution in [0.15, 0.2) is 42.5 Å². The van der Waals surface area contributed by atoms with E-state index in [9.17, 15) is 0 Å². The van der Waals surface area contributed by atoms with E-state index in [4.69, 9.17) is 33.0 Å². The Morgan fingerprint density at radius 2 is 1.65 bits per heavy atom. The lowest BCUT2D eigenvalue weighted by Gasteiger charge is -2.09. The van der Waals surface area contributed by atoms with Crippen molar-refractivity contribution in [2.45, 2.75) is 6.61 Å². The summed E-state index contributed by atoms with van der Waals surface area (Å²) in [6, 6.07) is 12.8. The number of hydrogen-bond acceptors (Lipinski definition) is 2. The van der Waals surface area contributed by atoms with Crippen LogP contribution in [-0.4, -0.2) is 11.7 Å². The first-order valence-corrected chi connectivity index (χ1v) is 6.72. The molecule has 20 heavy (non-hydrogen) atoms. The predicted molar refractivity (Wildman–Crippen MR) is 81.2 cm³/mol. The monoisotopic (exact) mass is 306 g/mol. The molecular weight excluding hydrogens is 295 g/mol. The molecule has 0 amide bonds. The highest BCUT2D eigenvalue weighted by atomic mass is 35.5. The average Bonchev–Trinajstić information content (AvgIpc) is 2.46. The molecule has 0 fully saturated rings. The smallest absolute Gasteiger partial charge is 0.156 e. The molecule has 0 spiro atoms. The largest absolute Gasteiger partial charge is 0.486 e. The molecule has 2 aromatic rings. The van der Waals surface area contributed by atoms with Crippen molar-refractivity contribution < 1.29 is 9.84 Å². The molecule has 0 bridgehead atoms. The van der Waals surface area contributed by atoms with Gasteiger partial charge in [-0.2, -0.15) is 0 Å². The van der Waals surface area contributed by atoms with Crippen LogP contribution in [-0.2, 0) is 6.61 Å². The molecule has 2 rings (SSSR count). The summed E-state index contributed by atoms with van der Waals surface area (Å²) in [6.45, 7) is 0.229. The highest BCUT2D eigenvalue weighted by molar-refractivity contribution is 6.37. The van der Waals surface area contributed by atoms with E-state index in [1.54, 1.807) is 18.2 Å². The first kappa shape index (κ1) is 14.7. The zero-order valence-electron chi connectivity index (χ0n) is 10.6. The van der Waals surface area contributed by atoms with Crippen molar-refractivity contribution >= 4 is 23.2 Å². The Balaban J connectivity index is 2.04. The number of para-hydroxylation sites is 1. The van der Waals surface area contributed by atoms with Crippen LogP contribution in [0.2, 0.25) is 10.0 Å². The van der Waals surface area contributed by atoms with Crippen LogP contribution in [0.4, 0.5) is 0 Å². The molecule has 0 aromatic heterocycles. The summed E-state index contributed by atoms with van der Waals surface area (Å²) in [7, 11) is 0. The van der Waals surface area contributed by atoms with Gasteiger partial charge in [-0.1, -0.05) is 53.2 Å². The van der Waals surface area contributed by atoms with Gasteiger partial charge in [0.2, 0.25) is 0 Å². The molecule has 2 nitrogen and oxygen atoms in total. The molecule has 1 N–H and O–H groups in total. The quantitative estimate of drug-likeness (QED) is 0.871. The van der Waals surface area contributed by atoms with E-state index in [1.165, 1.54) is 0 Å². The Labute approximate surface area is 127 Å². The lowest BCUT2D eigenvalue weighted by molar-refractivity contribution is 0.306. The highest BCUT2D eigenvalue weighted by Gasteiger charge is 2.06. The molecule has 0 saturated heterocycles. The van der Waals surface area contributed by atoms with Crippen LogP contribution in [0, 0.1) is 11.8 Å². The summed E-state index contributed by atoms with van der Waals surface area (Å²) in [6.07, 6.45) is 0. The highest BCUT2D eigenvalue weighted by Crippen LogP contribution is 2.32. The fourth-order valence-electron chi connectivity index (χ4n) is 1.60. The summed E-state index contributed by atoms with van der Waals surface area (Å²) in [4.78, 5) is 0. The lowest BCUT2D eigenvalue weighted by Crippen LogP contribution is -1.96. The molecule has 0 aliphatic carbocycles. The van der Waals surface area contributed by atoms with Gasteiger partial charge in [0.05, 0.1) is 10.0 Å². The molecule has 0 heterocycles. The number of hydrogen-bond donors (Lipinski definition) is 1. The second-order valence-corrected chi connectivity index (χ2v) is 4.81. The number of aliphatic hydroxyl groups excluding tert-OH is 1. The van der Waals surface area contributed by atoms with Crippen LogP contribution in [0.5, 0.6) is 5.75 Å². The van der Waals surface area contributed by atoms with E-state index in [1.807, 2.05) is 24.3 Å². The summed E-state index contributed by atoms with van der Waals surface area (Å²) in [5, 5.41) is 9.60. The maximum Gasteiger partial charge on any atom is 0.156 e. The normalized spacial score (nSPS) is 9.75. The summed E-state index contributed by atoms with van der Waals surface area (Å²) in [5.41, 5.74) is 1.83. The number of halogens is 2. The zero-order valence-corrected chi connectivity index (χ0v) is 12.1. The van der Waals surface area contributed by atoms with Crippen molar-refractivity contribution in [3.05, 3.63) is 63.6 Å². The van der Waals surface area contributed by atoms with Crippen LogP contribution in [0.25, 0.3) is 0 Å². The van der Waals surface area contributed by atoms with Crippen molar-refractivity contribution in [3.8, 4) is 17.6 Å². The van der Waals surface area contributed by atoms with E-state index in [-0.39, 0.29) is 6.61 Å². The predicted octanol–water partition coefficient (Wildman–Crippen LogP) is 3.92. The third kappa shape index (κ3) is 3.91. The van der Waals surface area contributed by atoms with Gasteiger partial charge in [0.1, 0.15) is 13.2 Å². The third-order valence-corrected chi connectivity index (χ3v) is 3.16. The molecule has 2 aromatic carbocycles. The van der Waals surface area contributed by atoms with E-state index in [2.05, 4.69) is 11.8 Å². The van der Waals surface area contributed by atoms with Crippen molar-refractivity contribution in [2.75, 3.05) is 6.61 Å². The van der Waals surface area contributed by atoms with Crippen LogP contribution < -0.4 is 4.74 Å². The Hall–Kier alpha value is -1.66. The standard InChI is InChI=1S/C16H12Cl2O2/c17-14-4-1-5-15(18)16(14)20-11-13-8-6-12(7-9-13)3-2-10-19/h1,4-9,19H,10-11H2. The van der Waals surface area contributed by atoms with Gasteiger partial charge in [0.15, 0.2) is 5.75 Å². The molecule has 0 unspecified atom stereocenters. The molecule has 0 atom stereocenters. The molecule has 0 aliphatic heterocycles. The first-order chi connectivity index (χ1) is 9.70. The zero-order chi connectivity index (χ0) is 14.4. The van der Waals surface area contributed by atoms with E-state index >= 15 is 0 Å². The van der Waals surface area contributed by atoms with Gasteiger partial charge >= 0.3 is 0 Å². The van der Waals surface area contributed by atoms with Gasteiger partial charge in [-0.05, 0) is 29.8 Å². The number of aliphatic hydroxyl groups is 1. The van der Waals surface area contributed by atoms with Gasteiger partial charge in [-0.15, -0.1) is 0 Å². The van der Waals surface area contributed by atoms with E-state index in [0.29, 0.717) is 22.4 Å². The lowest BCUT2D eigenvalue weighted by atomic mass is 10.1. The van der Waals surface area contributed by atoms with E-state index < -0.39 is 0 Å². The van der Waals surface area contributed by atoms with Crippen molar-refractivity contribution in [2.24, 2.45) is 0 Å². The van der Waals surface area contributed by atoms with Gasteiger partial charge < -0.3 is 9.84 Å². The Morgan fingerprint density at radius 3 is 2.25 bits per heavy atom. The van der Waals surface area contributed by atoms with Gasteiger partial charge in [-0.25, -0.2) is 0 Å². The number of benzene rings is 2. The Kier molecular flexibility index (Phi) is 5.31. The topological polar surface area (TPSA) is 29.5 Å². The number of ether oxygens (including phenoxy) is 1. The van der Waals surface area contributed by atoms with Crippen LogP contribution >= 0.6 is 23.2 Å². The van der Waals surface area contributed by atoms with Crippen molar-refractivity contribution in [3.63, 3.8) is 0 Å². The summed E-state index contributed by atoms with van der Waals surface area (Å²) >= 11 is 12.1. The fourth-order valence-corrected chi connectivity index (χ4v) is 2.11. The summed E-state index contributed by atoms with van der Waals surface area (Å²) < 4.78 is 5.63. The fraction of sp³-hybridized carbons (Fsp3) is 0.125. The first-order valence-electron chi connectivity index (χ1n) is 5.96. The molecule has 0 saturated carbocycles. The minimum atomic E-state index is -0.143. The maximum atomic E-state index is 8.63. The SMILES string of the molecule is OCC#Cc1ccc(COc2c(Cl)cccc2Cl)cc1.